The van der Waals surface area contributed by atoms with Gasteiger partial charge in [-0.05, 0) is 58.0 Å². The first-order valence-electron chi connectivity index (χ1n) is 9.19. The van der Waals surface area contributed by atoms with Crippen LogP contribution in [0.5, 0.6) is 0 Å². The number of H-pyrrole nitrogens is 1. The van der Waals surface area contributed by atoms with Crippen LogP contribution in [0.4, 0.5) is 4.39 Å². The van der Waals surface area contributed by atoms with Crippen molar-refractivity contribution >= 4 is 11.0 Å². The van der Waals surface area contributed by atoms with Crippen molar-refractivity contribution in [1.29, 1.82) is 5.26 Å². The molecule has 0 fully saturated rings. The van der Waals surface area contributed by atoms with Crippen LogP contribution in [0.15, 0.2) is 24.4 Å². The molecule has 0 saturated carbocycles. The van der Waals surface area contributed by atoms with E-state index in [0.29, 0.717) is 22.2 Å². The second-order valence-corrected chi connectivity index (χ2v) is 8.04. The molecule has 0 spiro atoms. The van der Waals surface area contributed by atoms with Gasteiger partial charge in [0.1, 0.15) is 17.4 Å². The molecule has 3 aromatic rings. The minimum Gasteiger partial charge on any atom is -0.356 e. The van der Waals surface area contributed by atoms with Crippen LogP contribution in [0.2, 0.25) is 0 Å². The molecule has 1 unspecified atom stereocenters. The second-order valence-electron chi connectivity index (χ2n) is 8.04. The number of aromatic amines is 1. The Hall–Kier alpha value is -2.86. The lowest BCUT2D eigenvalue weighted by molar-refractivity contribution is -0.235. The third kappa shape index (κ3) is 4.59. The highest BCUT2D eigenvalue weighted by atomic mass is 19.1. The zero-order valence-electron chi connectivity index (χ0n) is 17.1. The summed E-state index contributed by atoms with van der Waals surface area (Å²) in [5.74, 6) is -0.480. The van der Waals surface area contributed by atoms with E-state index >= 15 is 4.39 Å². The third-order valence-corrected chi connectivity index (χ3v) is 4.40. The zero-order chi connectivity index (χ0) is 21.3. The van der Waals surface area contributed by atoms with E-state index in [-0.39, 0.29) is 23.4 Å². The van der Waals surface area contributed by atoms with Crippen molar-refractivity contribution in [3.8, 4) is 17.3 Å². The van der Waals surface area contributed by atoms with Gasteiger partial charge in [-0.25, -0.2) is 9.37 Å². The van der Waals surface area contributed by atoms with Crippen molar-refractivity contribution in [3.05, 3.63) is 46.9 Å². The first-order chi connectivity index (χ1) is 13.6. The molecule has 0 bridgehead atoms. The fraction of sp³-hybridized carbons (Fsp3) is 0.381. The van der Waals surface area contributed by atoms with E-state index in [9.17, 15) is 10.4 Å². The molecule has 0 radical (unpaired) electrons. The van der Waals surface area contributed by atoms with Crippen LogP contribution in [0.25, 0.3) is 22.3 Å². The Morgan fingerprint density at radius 3 is 2.69 bits per heavy atom. The number of rotatable bonds is 5. The van der Waals surface area contributed by atoms with Gasteiger partial charge in [0, 0.05) is 12.1 Å². The number of nitrogens with zero attached hydrogens (tertiary/aromatic N) is 4. The predicted molar refractivity (Wildman–Crippen MR) is 107 cm³/mol. The highest BCUT2D eigenvalue weighted by molar-refractivity contribution is 5.82. The summed E-state index contributed by atoms with van der Waals surface area (Å²) in [5, 5.41) is 26.4. The number of aliphatic hydroxyl groups excluding tert-OH is 1. The van der Waals surface area contributed by atoms with Crippen LogP contribution in [-0.4, -0.2) is 44.3 Å². The number of benzene rings is 1. The van der Waals surface area contributed by atoms with Crippen LogP contribution in [0.3, 0.4) is 0 Å². The van der Waals surface area contributed by atoms with Gasteiger partial charge < -0.3 is 9.84 Å². The average Bonchev–Trinajstić information content (AvgIpc) is 3.06. The molecule has 152 valence electrons. The largest absolute Gasteiger partial charge is 0.356 e. The molecular formula is C21H24FN5O2. The third-order valence-electron chi connectivity index (χ3n) is 4.40. The van der Waals surface area contributed by atoms with Crippen molar-refractivity contribution in [2.45, 2.75) is 46.3 Å². The minimum atomic E-state index is -1.12. The van der Waals surface area contributed by atoms with Crippen molar-refractivity contribution in [2.75, 3.05) is 7.05 Å². The molecule has 0 aliphatic rings. The molecule has 2 aromatic heterocycles. The lowest BCUT2D eigenvalue weighted by Crippen LogP contribution is -2.39. The highest BCUT2D eigenvalue weighted by Gasteiger charge is 2.22. The van der Waals surface area contributed by atoms with E-state index < -0.39 is 17.8 Å². The molecule has 0 aliphatic carbocycles. The molecule has 2 N–H and O–H groups in total. The van der Waals surface area contributed by atoms with E-state index in [2.05, 4.69) is 21.3 Å². The maximum absolute atomic E-state index is 15.1. The Kier molecular flexibility index (Phi) is 5.66. The molecule has 2 heterocycles. The van der Waals surface area contributed by atoms with Gasteiger partial charge in [-0.3, -0.25) is 10.00 Å². The topological polar surface area (TPSA) is 98.1 Å². The Morgan fingerprint density at radius 2 is 2.07 bits per heavy atom. The maximum Gasteiger partial charge on any atom is 0.216 e. The summed E-state index contributed by atoms with van der Waals surface area (Å²) in [6.45, 7) is 7.60. The zero-order valence-corrected chi connectivity index (χ0v) is 17.1. The highest BCUT2D eigenvalue weighted by Crippen LogP contribution is 2.31. The van der Waals surface area contributed by atoms with Crippen molar-refractivity contribution in [1.82, 2.24) is 20.1 Å². The number of aliphatic hydroxyl groups is 1. The number of aromatic nitrogens is 3. The van der Waals surface area contributed by atoms with Crippen molar-refractivity contribution in [2.24, 2.45) is 0 Å². The lowest BCUT2D eigenvalue weighted by atomic mass is 9.98. The summed E-state index contributed by atoms with van der Waals surface area (Å²) < 4.78 is 20.6. The first-order valence-corrected chi connectivity index (χ1v) is 9.19. The Bertz CT molecular complexity index is 1060. The first kappa shape index (κ1) is 20.9. The summed E-state index contributed by atoms with van der Waals surface area (Å²) in [4.78, 5) is 6.01. The monoisotopic (exact) mass is 397 g/mol. The number of halogens is 1. The number of aryl methyl sites for hydroxylation is 1. The summed E-state index contributed by atoms with van der Waals surface area (Å²) in [6, 6.07) is 6.91. The van der Waals surface area contributed by atoms with Crippen LogP contribution < -0.4 is 0 Å². The fourth-order valence-corrected chi connectivity index (χ4v) is 3.13. The van der Waals surface area contributed by atoms with Crippen LogP contribution in [0.1, 0.15) is 37.5 Å². The molecule has 3 rings (SSSR count). The Morgan fingerprint density at radius 1 is 1.34 bits per heavy atom. The van der Waals surface area contributed by atoms with E-state index in [4.69, 9.17) is 4.74 Å². The number of fused-ring (bicyclic) bond motifs is 1. The van der Waals surface area contributed by atoms with Gasteiger partial charge in [0.25, 0.3) is 0 Å². The summed E-state index contributed by atoms with van der Waals surface area (Å²) in [7, 11) is 1.69. The van der Waals surface area contributed by atoms with E-state index in [1.165, 1.54) is 12.3 Å². The van der Waals surface area contributed by atoms with Gasteiger partial charge in [-0.1, -0.05) is 6.07 Å². The van der Waals surface area contributed by atoms with E-state index in [0.717, 1.165) is 0 Å². The van der Waals surface area contributed by atoms with Gasteiger partial charge in [-0.15, -0.1) is 0 Å². The molecule has 0 amide bonds. The standard InChI is InChI=1S/C21H24FN5O2/c1-12-6-13(11-27(5)20(28)29-21(2,3)4)7-15(22)18(12)19-14(9-23)8-16-17(25-19)10-24-26-16/h6-8,10,20,28H,11H2,1-5H3,(H,24,26). The molecule has 0 aliphatic heterocycles. The molecule has 29 heavy (non-hydrogen) atoms. The van der Waals surface area contributed by atoms with Gasteiger partial charge in [0.15, 0.2) is 0 Å². The average molecular weight is 397 g/mol. The number of ether oxygens (including phenoxy) is 1. The summed E-state index contributed by atoms with van der Waals surface area (Å²) in [6.07, 6.45) is 0.418. The van der Waals surface area contributed by atoms with Crippen LogP contribution in [0, 0.1) is 24.1 Å². The van der Waals surface area contributed by atoms with Gasteiger partial charge >= 0.3 is 0 Å². The molecule has 7 nitrogen and oxygen atoms in total. The van der Waals surface area contributed by atoms with Crippen LogP contribution >= 0.6 is 0 Å². The van der Waals surface area contributed by atoms with E-state index in [1.54, 1.807) is 24.9 Å². The van der Waals surface area contributed by atoms with Gasteiger partial charge in [0.05, 0.1) is 28.6 Å². The fourth-order valence-electron chi connectivity index (χ4n) is 3.13. The molecule has 8 heteroatoms. The summed E-state index contributed by atoms with van der Waals surface area (Å²) >= 11 is 0. The normalized spacial score (nSPS) is 13.1. The molecule has 1 aromatic carbocycles. The summed E-state index contributed by atoms with van der Waals surface area (Å²) in [5.41, 5.74) is 2.82. The Labute approximate surface area is 168 Å². The SMILES string of the molecule is Cc1cc(CN(C)C(O)OC(C)(C)C)cc(F)c1-c1nc2cn[nH]c2cc1C#N. The number of hydrogen-bond donors (Lipinski definition) is 2. The number of hydrogen-bond acceptors (Lipinski definition) is 6. The van der Waals surface area contributed by atoms with E-state index in [1.807, 2.05) is 26.8 Å². The number of pyridine rings is 1. The Balaban J connectivity index is 1.94. The minimum absolute atomic E-state index is 0.266. The number of nitrogens with one attached hydrogen (secondary N) is 1. The lowest BCUT2D eigenvalue weighted by Gasteiger charge is -2.30. The molecule has 0 saturated heterocycles. The van der Waals surface area contributed by atoms with Crippen LogP contribution in [-0.2, 0) is 11.3 Å². The van der Waals surface area contributed by atoms with Gasteiger partial charge in [0.2, 0.25) is 6.41 Å². The smallest absolute Gasteiger partial charge is 0.216 e. The van der Waals surface area contributed by atoms with Gasteiger partial charge in [-0.2, -0.15) is 10.4 Å². The maximum atomic E-state index is 15.1. The molecule has 1 atom stereocenters. The quantitative estimate of drug-likeness (QED) is 0.640. The second kappa shape index (κ2) is 7.87. The predicted octanol–water partition coefficient (Wildman–Crippen LogP) is 3.47. The van der Waals surface area contributed by atoms with Crippen molar-refractivity contribution < 1.29 is 14.2 Å². The van der Waals surface area contributed by atoms with Crippen molar-refractivity contribution in [3.63, 3.8) is 0 Å². The molecular weight excluding hydrogens is 373 g/mol. The number of nitriles is 1.